The molecular weight excluding hydrogens is 302 g/mol. The normalized spacial score (nSPS) is 20.6. The molecule has 0 radical (unpaired) electrons. The molecule has 0 aromatic carbocycles. The number of hydrogen-bond donors (Lipinski definition) is 1. The minimum atomic E-state index is -3.62. The molecule has 0 bridgehead atoms. The van der Waals surface area contributed by atoms with Gasteiger partial charge in [0.25, 0.3) is 10.0 Å². The molecule has 3 heterocycles. The van der Waals surface area contributed by atoms with Crippen LogP contribution in [0.25, 0.3) is 0 Å². The van der Waals surface area contributed by atoms with E-state index >= 15 is 0 Å². The van der Waals surface area contributed by atoms with E-state index in [-0.39, 0.29) is 16.4 Å². The third kappa shape index (κ3) is 2.04. The zero-order valence-corrected chi connectivity index (χ0v) is 12.4. The first-order valence-electron chi connectivity index (χ1n) is 6.19. The number of rotatable bonds is 3. The lowest BCUT2D eigenvalue weighted by atomic mass is 10.1. The van der Waals surface area contributed by atoms with Crippen LogP contribution in [0.1, 0.15) is 24.4 Å². The predicted octanol–water partition coefficient (Wildman–Crippen LogP) is 1.32. The Morgan fingerprint density at radius 3 is 2.85 bits per heavy atom. The highest BCUT2D eigenvalue weighted by Crippen LogP contribution is 2.36. The first kappa shape index (κ1) is 13.6. The number of sulfonamides is 1. The first-order chi connectivity index (χ1) is 9.51. The van der Waals surface area contributed by atoms with Gasteiger partial charge < -0.3 is 4.57 Å². The average Bonchev–Trinajstić information content (AvgIpc) is 3.11. The molecule has 108 valence electrons. The Labute approximate surface area is 121 Å². The molecular formula is C11H14ClN5O2S. The molecule has 1 unspecified atom stereocenters. The number of nitrogens with one attached hydrogen (secondary N) is 1. The quantitative estimate of drug-likeness (QED) is 0.926. The van der Waals surface area contributed by atoms with Gasteiger partial charge in [0, 0.05) is 25.4 Å². The number of halogens is 1. The van der Waals surface area contributed by atoms with Crippen molar-refractivity contribution >= 4 is 21.6 Å². The van der Waals surface area contributed by atoms with Crippen LogP contribution in [-0.2, 0) is 17.1 Å². The Bertz CT molecular complexity index is 709. The van der Waals surface area contributed by atoms with Crippen molar-refractivity contribution in [2.45, 2.75) is 23.9 Å². The number of aromatic amines is 1. The summed E-state index contributed by atoms with van der Waals surface area (Å²) < 4.78 is 28.4. The van der Waals surface area contributed by atoms with Crippen molar-refractivity contribution in [2.75, 3.05) is 6.54 Å². The van der Waals surface area contributed by atoms with Gasteiger partial charge in [-0.25, -0.2) is 13.4 Å². The SMILES string of the molecule is Cn1c(S(=O)(=O)N2CCCC2c2cn[nH]c2)cnc1Cl. The molecule has 7 nitrogen and oxygen atoms in total. The molecule has 0 amide bonds. The smallest absolute Gasteiger partial charge is 0.260 e. The molecule has 1 saturated heterocycles. The van der Waals surface area contributed by atoms with Gasteiger partial charge in [0.2, 0.25) is 5.28 Å². The molecule has 0 spiro atoms. The summed E-state index contributed by atoms with van der Waals surface area (Å²) in [5.74, 6) is 0. The van der Waals surface area contributed by atoms with Gasteiger partial charge >= 0.3 is 0 Å². The number of nitrogens with zero attached hydrogens (tertiary/aromatic N) is 4. The van der Waals surface area contributed by atoms with Crippen molar-refractivity contribution < 1.29 is 8.42 Å². The lowest BCUT2D eigenvalue weighted by Gasteiger charge is -2.23. The molecule has 9 heteroatoms. The van der Waals surface area contributed by atoms with E-state index in [9.17, 15) is 8.42 Å². The van der Waals surface area contributed by atoms with E-state index in [1.165, 1.54) is 15.1 Å². The summed E-state index contributed by atoms with van der Waals surface area (Å²) in [7, 11) is -2.03. The summed E-state index contributed by atoms with van der Waals surface area (Å²) in [5.41, 5.74) is 0.874. The van der Waals surface area contributed by atoms with Crippen LogP contribution in [0.2, 0.25) is 5.28 Å². The highest BCUT2D eigenvalue weighted by Gasteiger charge is 2.38. The van der Waals surface area contributed by atoms with Crippen molar-refractivity contribution in [3.8, 4) is 0 Å². The van der Waals surface area contributed by atoms with Crippen LogP contribution in [0.3, 0.4) is 0 Å². The maximum absolute atomic E-state index is 12.8. The van der Waals surface area contributed by atoms with Crippen LogP contribution in [0.5, 0.6) is 0 Å². The monoisotopic (exact) mass is 315 g/mol. The second kappa shape index (κ2) is 4.87. The molecule has 3 rings (SSSR count). The standard InChI is InChI=1S/C11H14ClN5O2S/c1-16-10(7-13-11(16)12)20(18,19)17-4-2-3-9(17)8-5-14-15-6-8/h5-7,9H,2-4H2,1H3,(H,14,15). The molecule has 2 aromatic rings. The zero-order valence-electron chi connectivity index (χ0n) is 10.8. The van der Waals surface area contributed by atoms with E-state index in [4.69, 9.17) is 11.6 Å². The van der Waals surface area contributed by atoms with Gasteiger partial charge in [0.15, 0.2) is 5.03 Å². The summed E-state index contributed by atoms with van der Waals surface area (Å²) in [6.45, 7) is 0.487. The summed E-state index contributed by atoms with van der Waals surface area (Å²) in [6, 6.07) is -0.188. The van der Waals surface area contributed by atoms with Gasteiger partial charge in [-0.2, -0.15) is 9.40 Å². The lowest BCUT2D eigenvalue weighted by Crippen LogP contribution is -2.31. The molecule has 0 aliphatic carbocycles. The molecule has 1 aliphatic heterocycles. The number of H-pyrrole nitrogens is 1. The summed E-state index contributed by atoms with van der Waals surface area (Å²) in [4.78, 5) is 3.85. The number of aromatic nitrogens is 4. The van der Waals surface area contributed by atoms with Crippen LogP contribution in [0, 0.1) is 0 Å². The van der Waals surface area contributed by atoms with Crippen molar-refractivity contribution in [1.29, 1.82) is 0 Å². The van der Waals surface area contributed by atoms with Crippen molar-refractivity contribution in [3.63, 3.8) is 0 Å². The van der Waals surface area contributed by atoms with Crippen molar-refractivity contribution in [1.82, 2.24) is 24.1 Å². The lowest BCUT2D eigenvalue weighted by molar-refractivity contribution is 0.393. The first-order valence-corrected chi connectivity index (χ1v) is 8.01. The molecule has 2 aromatic heterocycles. The Kier molecular flexibility index (Phi) is 3.31. The van der Waals surface area contributed by atoms with Gasteiger partial charge in [-0.05, 0) is 24.4 Å². The van der Waals surface area contributed by atoms with Crippen molar-refractivity contribution in [3.05, 3.63) is 29.4 Å². The van der Waals surface area contributed by atoms with E-state index in [1.807, 2.05) is 0 Å². The Morgan fingerprint density at radius 1 is 1.45 bits per heavy atom. The molecule has 1 aliphatic rings. The molecule has 0 saturated carbocycles. The third-order valence-electron chi connectivity index (χ3n) is 3.57. The molecule has 20 heavy (non-hydrogen) atoms. The van der Waals surface area contributed by atoms with Crippen molar-refractivity contribution in [2.24, 2.45) is 7.05 Å². The van der Waals surface area contributed by atoms with Crippen LogP contribution in [0.15, 0.2) is 23.6 Å². The maximum Gasteiger partial charge on any atom is 0.260 e. The van der Waals surface area contributed by atoms with Crippen LogP contribution >= 0.6 is 11.6 Å². The fourth-order valence-electron chi connectivity index (χ4n) is 2.54. The fraction of sp³-hybridized carbons (Fsp3) is 0.455. The second-order valence-electron chi connectivity index (χ2n) is 4.73. The van der Waals surface area contributed by atoms with E-state index in [1.54, 1.807) is 19.4 Å². The minimum Gasteiger partial charge on any atom is -0.308 e. The van der Waals surface area contributed by atoms with Crippen LogP contribution in [0.4, 0.5) is 0 Å². The largest absolute Gasteiger partial charge is 0.308 e. The number of hydrogen-bond acceptors (Lipinski definition) is 4. The molecule has 1 atom stereocenters. The Hall–Kier alpha value is -1.38. The molecule has 1 N–H and O–H groups in total. The van der Waals surface area contributed by atoms with Crippen LogP contribution < -0.4 is 0 Å². The van der Waals surface area contributed by atoms with E-state index in [2.05, 4.69) is 15.2 Å². The number of imidazole rings is 1. The van der Waals surface area contributed by atoms with E-state index < -0.39 is 10.0 Å². The summed E-state index contributed by atoms with van der Waals surface area (Å²) in [6.07, 6.45) is 6.29. The second-order valence-corrected chi connectivity index (χ2v) is 6.91. The Balaban J connectivity index is 2.01. The van der Waals surface area contributed by atoms with Gasteiger partial charge in [-0.3, -0.25) is 5.10 Å². The average molecular weight is 316 g/mol. The van der Waals surface area contributed by atoms with Crippen LogP contribution in [-0.4, -0.2) is 39.0 Å². The minimum absolute atomic E-state index is 0.109. The topological polar surface area (TPSA) is 83.9 Å². The highest BCUT2D eigenvalue weighted by molar-refractivity contribution is 7.89. The van der Waals surface area contributed by atoms with Gasteiger partial charge in [-0.1, -0.05) is 0 Å². The summed E-state index contributed by atoms with van der Waals surface area (Å²) in [5, 5.41) is 6.88. The van der Waals surface area contributed by atoms with Gasteiger partial charge in [0.05, 0.1) is 18.4 Å². The zero-order chi connectivity index (χ0) is 14.3. The fourth-order valence-corrected chi connectivity index (χ4v) is 4.52. The van der Waals surface area contributed by atoms with Gasteiger partial charge in [0.1, 0.15) is 0 Å². The van der Waals surface area contributed by atoms with E-state index in [0.29, 0.717) is 6.54 Å². The summed E-state index contributed by atoms with van der Waals surface area (Å²) >= 11 is 5.83. The highest BCUT2D eigenvalue weighted by atomic mass is 35.5. The van der Waals surface area contributed by atoms with E-state index in [0.717, 1.165) is 18.4 Å². The predicted molar refractivity (Wildman–Crippen MR) is 72.7 cm³/mol. The molecule has 1 fully saturated rings. The van der Waals surface area contributed by atoms with Gasteiger partial charge in [-0.15, -0.1) is 0 Å². The third-order valence-corrected chi connectivity index (χ3v) is 5.88. The maximum atomic E-state index is 12.8. The Morgan fingerprint density at radius 2 is 2.25 bits per heavy atom.